The summed E-state index contributed by atoms with van der Waals surface area (Å²) in [5.74, 6) is 0.519. The SMILES string of the molecule is NCCCc1nc(-c2cccc(F)c2)n2ccccc12. The maximum absolute atomic E-state index is 13.4. The van der Waals surface area contributed by atoms with Crippen LogP contribution in [0.25, 0.3) is 16.9 Å². The molecule has 4 heteroatoms. The molecule has 20 heavy (non-hydrogen) atoms. The van der Waals surface area contributed by atoms with Gasteiger partial charge in [-0.25, -0.2) is 9.37 Å². The normalized spacial score (nSPS) is 11.1. The number of nitrogens with zero attached hydrogens (tertiary/aromatic N) is 2. The zero-order valence-electron chi connectivity index (χ0n) is 11.1. The molecule has 0 aliphatic carbocycles. The summed E-state index contributed by atoms with van der Waals surface area (Å²) in [7, 11) is 0. The van der Waals surface area contributed by atoms with Gasteiger partial charge in [-0.3, -0.25) is 4.40 Å². The molecule has 0 amide bonds. The highest BCUT2D eigenvalue weighted by Gasteiger charge is 2.12. The molecule has 0 aliphatic heterocycles. The van der Waals surface area contributed by atoms with Crippen molar-refractivity contribution < 1.29 is 4.39 Å². The van der Waals surface area contributed by atoms with Crippen LogP contribution in [0.2, 0.25) is 0 Å². The average molecular weight is 269 g/mol. The van der Waals surface area contributed by atoms with Gasteiger partial charge in [0.05, 0.1) is 11.2 Å². The summed E-state index contributed by atoms with van der Waals surface area (Å²) < 4.78 is 15.4. The molecule has 0 radical (unpaired) electrons. The van der Waals surface area contributed by atoms with Crippen LogP contribution in [-0.2, 0) is 6.42 Å². The minimum Gasteiger partial charge on any atom is -0.330 e. The number of fused-ring (bicyclic) bond motifs is 1. The Labute approximate surface area is 116 Å². The van der Waals surface area contributed by atoms with Crippen molar-refractivity contribution in [3.05, 3.63) is 60.2 Å². The molecule has 0 unspecified atom stereocenters. The third kappa shape index (κ3) is 2.30. The van der Waals surface area contributed by atoms with E-state index >= 15 is 0 Å². The summed E-state index contributed by atoms with van der Waals surface area (Å²) in [4.78, 5) is 4.68. The van der Waals surface area contributed by atoms with Crippen molar-refractivity contribution >= 4 is 5.52 Å². The van der Waals surface area contributed by atoms with Crippen molar-refractivity contribution in [3.8, 4) is 11.4 Å². The van der Waals surface area contributed by atoms with Gasteiger partial charge in [0.1, 0.15) is 11.6 Å². The fraction of sp³-hybridized carbons (Fsp3) is 0.188. The lowest BCUT2D eigenvalue weighted by atomic mass is 10.2. The van der Waals surface area contributed by atoms with E-state index in [2.05, 4.69) is 4.98 Å². The number of aromatic nitrogens is 2. The molecule has 2 N–H and O–H groups in total. The molecule has 102 valence electrons. The summed E-state index contributed by atoms with van der Waals surface area (Å²) >= 11 is 0. The maximum Gasteiger partial charge on any atom is 0.144 e. The van der Waals surface area contributed by atoms with E-state index in [1.807, 2.05) is 34.9 Å². The molecule has 0 saturated carbocycles. The second-order valence-corrected chi connectivity index (χ2v) is 4.74. The van der Waals surface area contributed by atoms with E-state index in [0.29, 0.717) is 6.54 Å². The van der Waals surface area contributed by atoms with E-state index in [9.17, 15) is 4.39 Å². The molecule has 0 bridgehead atoms. The van der Waals surface area contributed by atoms with Crippen LogP contribution in [0.3, 0.4) is 0 Å². The Balaban J connectivity index is 2.15. The summed E-state index contributed by atoms with van der Waals surface area (Å²) in [5, 5.41) is 0. The Morgan fingerprint density at radius 2 is 2.05 bits per heavy atom. The Kier molecular flexibility index (Phi) is 3.48. The van der Waals surface area contributed by atoms with Crippen molar-refractivity contribution in [1.82, 2.24) is 9.38 Å². The van der Waals surface area contributed by atoms with Crippen LogP contribution in [0.4, 0.5) is 4.39 Å². The standard InChI is InChI=1S/C16H16FN3/c17-13-6-3-5-12(11-13)16-19-14(7-4-9-18)15-8-1-2-10-20(15)16/h1-3,5-6,8,10-11H,4,7,9,18H2. The van der Waals surface area contributed by atoms with Crippen LogP contribution >= 0.6 is 0 Å². The van der Waals surface area contributed by atoms with Gasteiger partial charge < -0.3 is 5.73 Å². The van der Waals surface area contributed by atoms with E-state index in [4.69, 9.17) is 5.73 Å². The highest BCUT2D eigenvalue weighted by atomic mass is 19.1. The zero-order valence-corrected chi connectivity index (χ0v) is 11.1. The second-order valence-electron chi connectivity index (χ2n) is 4.74. The smallest absolute Gasteiger partial charge is 0.144 e. The molecular weight excluding hydrogens is 253 g/mol. The number of nitrogens with two attached hydrogens (primary N) is 1. The largest absolute Gasteiger partial charge is 0.330 e. The van der Waals surface area contributed by atoms with E-state index in [1.165, 1.54) is 12.1 Å². The Hall–Kier alpha value is -2.20. The molecule has 2 heterocycles. The molecule has 0 fully saturated rings. The van der Waals surface area contributed by atoms with Gasteiger partial charge in [0, 0.05) is 11.8 Å². The summed E-state index contributed by atoms with van der Waals surface area (Å²) in [6.45, 7) is 0.640. The molecule has 3 aromatic rings. The quantitative estimate of drug-likeness (QED) is 0.791. The number of hydrogen-bond donors (Lipinski definition) is 1. The molecule has 0 saturated heterocycles. The molecule has 0 aliphatic rings. The van der Waals surface area contributed by atoms with E-state index in [1.54, 1.807) is 6.07 Å². The molecule has 3 rings (SSSR count). The van der Waals surface area contributed by atoms with Gasteiger partial charge in [-0.2, -0.15) is 0 Å². The number of aryl methyl sites for hydroxylation is 1. The number of rotatable bonds is 4. The predicted octanol–water partition coefficient (Wildman–Crippen LogP) is 3.03. The van der Waals surface area contributed by atoms with Gasteiger partial charge in [0.2, 0.25) is 0 Å². The number of benzene rings is 1. The van der Waals surface area contributed by atoms with Crippen LogP contribution in [0.5, 0.6) is 0 Å². The van der Waals surface area contributed by atoms with Gasteiger partial charge in [-0.1, -0.05) is 18.2 Å². The predicted molar refractivity (Wildman–Crippen MR) is 78.0 cm³/mol. The van der Waals surface area contributed by atoms with Gasteiger partial charge >= 0.3 is 0 Å². The first-order valence-corrected chi connectivity index (χ1v) is 6.71. The molecule has 0 atom stereocenters. The lowest BCUT2D eigenvalue weighted by molar-refractivity contribution is 0.628. The van der Waals surface area contributed by atoms with Crippen LogP contribution in [0.15, 0.2) is 48.7 Å². The Morgan fingerprint density at radius 1 is 1.15 bits per heavy atom. The topological polar surface area (TPSA) is 43.3 Å². The first-order valence-electron chi connectivity index (χ1n) is 6.71. The molecule has 3 nitrogen and oxygen atoms in total. The lowest BCUT2D eigenvalue weighted by Gasteiger charge is -2.00. The first kappa shape index (κ1) is 12.8. The van der Waals surface area contributed by atoms with Crippen LogP contribution in [0.1, 0.15) is 12.1 Å². The maximum atomic E-state index is 13.4. The van der Waals surface area contributed by atoms with Crippen molar-refractivity contribution in [3.63, 3.8) is 0 Å². The monoisotopic (exact) mass is 269 g/mol. The average Bonchev–Trinajstić information content (AvgIpc) is 2.84. The molecule has 1 aromatic carbocycles. The fourth-order valence-electron chi connectivity index (χ4n) is 2.39. The highest BCUT2D eigenvalue weighted by molar-refractivity contribution is 5.65. The van der Waals surface area contributed by atoms with Gasteiger partial charge in [-0.15, -0.1) is 0 Å². The minimum absolute atomic E-state index is 0.251. The van der Waals surface area contributed by atoms with Crippen LogP contribution in [-0.4, -0.2) is 15.9 Å². The summed E-state index contributed by atoms with van der Waals surface area (Å²) in [6.07, 6.45) is 3.68. The highest BCUT2D eigenvalue weighted by Crippen LogP contribution is 2.24. The van der Waals surface area contributed by atoms with E-state index in [-0.39, 0.29) is 5.82 Å². The van der Waals surface area contributed by atoms with Gasteiger partial charge in [0.15, 0.2) is 0 Å². The van der Waals surface area contributed by atoms with E-state index in [0.717, 1.165) is 35.4 Å². The van der Waals surface area contributed by atoms with Crippen molar-refractivity contribution in [1.29, 1.82) is 0 Å². The Bertz CT molecular complexity index is 733. The van der Waals surface area contributed by atoms with Gasteiger partial charge in [0.25, 0.3) is 0 Å². The minimum atomic E-state index is -0.251. The molecular formula is C16H16FN3. The number of imidazole rings is 1. The molecule has 2 aromatic heterocycles. The fourth-order valence-corrected chi connectivity index (χ4v) is 2.39. The Morgan fingerprint density at radius 3 is 2.85 bits per heavy atom. The van der Waals surface area contributed by atoms with Crippen molar-refractivity contribution in [2.45, 2.75) is 12.8 Å². The third-order valence-corrected chi connectivity index (χ3v) is 3.33. The number of halogens is 1. The third-order valence-electron chi connectivity index (χ3n) is 3.33. The van der Waals surface area contributed by atoms with Crippen molar-refractivity contribution in [2.24, 2.45) is 5.73 Å². The lowest BCUT2D eigenvalue weighted by Crippen LogP contribution is -2.00. The summed E-state index contributed by atoms with van der Waals surface area (Å²) in [5.41, 5.74) is 8.42. The zero-order chi connectivity index (χ0) is 13.9. The van der Waals surface area contributed by atoms with E-state index < -0.39 is 0 Å². The second kappa shape index (κ2) is 5.43. The summed E-state index contributed by atoms with van der Waals surface area (Å²) in [6, 6.07) is 12.5. The molecule has 0 spiro atoms. The van der Waals surface area contributed by atoms with Crippen LogP contribution in [0, 0.1) is 5.82 Å². The van der Waals surface area contributed by atoms with Gasteiger partial charge in [-0.05, 0) is 43.7 Å². The van der Waals surface area contributed by atoms with Crippen LogP contribution < -0.4 is 5.73 Å². The van der Waals surface area contributed by atoms with Crippen molar-refractivity contribution in [2.75, 3.05) is 6.54 Å². The number of pyridine rings is 1. The first-order chi connectivity index (χ1) is 9.79. The number of hydrogen-bond acceptors (Lipinski definition) is 2.